The van der Waals surface area contributed by atoms with Gasteiger partial charge in [-0.3, -0.25) is 0 Å². The summed E-state index contributed by atoms with van der Waals surface area (Å²) in [5.41, 5.74) is 12.6. The molecule has 0 saturated carbocycles. The lowest BCUT2D eigenvalue weighted by atomic mass is 10.1. The first-order valence-corrected chi connectivity index (χ1v) is 5.99. The van der Waals surface area contributed by atoms with Crippen LogP contribution in [-0.4, -0.2) is 4.98 Å². The number of rotatable bonds is 3. The molecule has 1 aromatic heterocycles. The molecule has 2 aromatic rings. The third-order valence-corrected chi connectivity index (χ3v) is 3.10. The van der Waals surface area contributed by atoms with E-state index in [0.29, 0.717) is 5.02 Å². The first kappa shape index (κ1) is 12.6. The molecule has 1 unspecified atom stereocenters. The molecule has 0 radical (unpaired) electrons. The van der Waals surface area contributed by atoms with Gasteiger partial charge in [0.15, 0.2) is 0 Å². The zero-order valence-corrected chi connectivity index (χ0v) is 10.9. The number of aryl methyl sites for hydroxylation is 1. The highest BCUT2D eigenvalue weighted by molar-refractivity contribution is 6.30. The Balaban J connectivity index is 2.40. The Morgan fingerprint density at radius 3 is 2.61 bits per heavy atom. The molecule has 0 fully saturated rings. The Morgan fingerprint density at radius 2 is 2.00 bits per heavy atom. The number of azide groups is 1. The third kappa shape index (κ3) is 2.50. The van der Waals surface area contributed by atoms with Crippen LogP contribution >= 0.6 is 11.6 Å². The summed E-state index contributed by atoms with van der Waals surface area (Å²) in [6.45, 7) is 3.88. The van der Waals surface area contributed by atoms with Crippen molar-refractivity contribution in [2.45, 2.75) is 19.9 Å². The summed E-state index contributed by atoms with van der Waals surface area (Å²) in [5, 5.41) is 4.40. The van der Waals surface area contributed by atoms with Crippen molar-refractivity contribution < 1.29 is 0 Å². The van der Waals surface area contributed by atoms with Crippen molar-refractivity contribution in [3.8, 4) is 11.3 Å². The lowest BCUT2D eigenvalue weighted by Crippen LogP contribution is -1.88. The number of aromatic amines is 1. The zero-order chi connectivity index (χ0) is 13.1. The molecular weight excluding hydrogens is 248 g/mol. The molecule has 1 aromatic carbocycles. The van der Waals surface area contributed by atoms with Gasteiger partial charge in [-0.2, -0.15) is 0 Å². The molecule has 0 saturated heterocycles. The van der Waals surface area contributed by atoms with E-state index in [0.717, 1.165) is 22.5 Å². The third-order valence-electron chi connectivity index (χ3n) is 2.84. The largest absolute Gasteiger partial charge is 0.358 e. The average Bonchev–Trinajstić information content (AvgIpc) is 2.73. The summed E-state index contributed by atoms with van der Waals surface area (Å²) in [6, 6.07) is 9.44. The molecule has 0 aliphatic heterocycles. The topological polar surface area (TPSA) is 64.6 Å². The fourth-order valence-corrected chi connectivity index (χ4v) is 1.99. The van der Waals surface area contributed by atoms with Crippen LogP contribution in [0.4, 0.5) is 0 Å². The maximum absolute atomic E-state index is 8.45. The second-order valence-corrected chi connectivity index (χ2v) is 4.61. The summed E-state index contributed by atoms with van der Waals surface area (Å²) < 4.78 is 0. The van der Waals surface area contributed by atoms with Gasteiger partial charge in [0.1, 0.15) is 0 Å². The molecule has 5 heteroatoms. The Hall–Kier alpha value is -1.90. The average molecular weight is 261 g/mol. The quantitative estimate of drug-likeness (QED) is 0.458. The summed E-state index contributed by atoms with van der Waals surface area (Å²) in [5.74, 6) is 0. The van der Waals surface area contributed by atoms with E-state index in [1.54, 1.807) is 0 Å². The number of hydrogen-bond acceptors (Lipinski definition) is 1. The van der Waals surface area contributed by atoms with Crippen LogP contribution in [0.25, 0.3) is 21.7 Å². The number of H-pyrrole nitrogens is 1. The highest BCUT2D eigenvalue weighted by atomic mass is 35.5. The van der Waals surface area contributed by atoms with Gasteiger partial charge in [0.25, 0.3) is 0 Å². The number of benzene rings is 1. The molecule has 1 atom stereocenters. The van der Waals surface area contributed by atoms with Crippen molar-refractivity contribution in [1.29, 1.82) is 0 Å². The van der Waals surface area contributed by atoms with Crippen molar-refractivity contribution in [3.63, 3.8) is 0 Å². The molecule has 92 valence electrons. The molecule has 4 nitrogen and oxygen atoms in total. The minimum absolute atomic E-state index is 0.199. The van der Waals surface area contributed by atoms with Crippen molar-refractivity contribution in [1.82, 2.24) is 4.98 Å². The van der Waals surface area contributed by atoms with E-state index < -0.39 is 0 Å². The molecule has 0 amide bonds. The summed E-state index contributed by atoms with van der Waals surface area (Å²) in [6.07, 6.45) is 0. The molecule has 0 spiro atoms. The van der Waals surface area contributed by atoms with E-state index in [9.17, 15) is 0 Å². The molecular formula is C13H13ClN4. The fourth-order valence-electron chi connectivity index (χ4n) is 1.87. The molecule has 2 rings (SSSR count). The molecule has 0 bridgehead atoms. The monoisotopic (exact) mass is 260 g/mol. The molecule has 18 heavy (non-hydrogen) atoms. The van der Waals surface area contributed by atoms with Crippen molar-refractivity contribution in [3.05, 3.63) is 57.1 Å². The van der Waals surface area contributed by atoms with Crippen LogP contribution in [0.5, 0.6) is 0 Å². The number of hydrogen-bond donors (Lipinski definition) is 1. The highest BCUT2D eigenvalue weighted by Crippen LogP contribution is 2.27. The molecule has 0 aliphatic rings. The molecule has 0 aliphatic carbocycles. The van der Waals surface area contributed by atoms with Crippen molar-refractivity contribution >= 4 is 11.6 Å². The van der Waals surface area contributed by atoms with Gasteiger partial charge < -0.3 is 4.98 Å². The van der Waals surface area contributed by atoms with Crippen molar-refractivity contribution in [2.24, 2.45) is 5.11 Å². The van der Waals surface area contributed by atoms with Gasteiger partial charge in [0, 0.05) is 21.3 Å². The lowest BCUT2D eigenvalue weighted by molar-refractivity contribution is 0.781. The predicted molar refractivity (Wildman–Crippen MR) is 73.5 cm³/mol. The Morgan fingerprint density at radius 1 is 1.33 bits per heavy atom. The maximum Gasteiger partial charge on any atom is 0.0747 e. The van der Waals surface area contributed by atoms with Crippen LogP contribution in [0.15, 0.2) is 35.4 Å². The zero-order valence-electron chi connectivity index (χ0n) is 10.2. The second kappa shape index (κ2) is 5.17. The lowest BCUT2D eigenvalue weighted by Gasteiger charge is -2.02. The standard InChI is InChI=1S/C13H13ClN4/c1-8-7-12(9(2)17-18-15)16-13(8)10-3-5-11(14)6-4-10/h3-7,9,16H,1-2H3. The number of nitrogens with one attached hydrogen (secondary N) is 1. The Kier molecular flexibility index (Phi) is 3.60. The fraction of sp³-hybridized carbons (Fsp3) is 0.231. The van der Waals surface area contributed by atoms with Gasteiger partial charge in [-0.1, -0.05) is 35.8 Å². The van der Waals surface area contributed by atoms with Crippen LogP contribution in [0.1, 0.15) is 24.2 Å². The second-order valence-electron chi connectivity index (χ2n) is 4.17. The van der Waals surface area contributed by atoms with Gasteiger partial charge in [-0.05, 0) is 41.8 Å². The van der Waals surface area contributed by atoms with Crippen LogP contribution < -0.4 is 0 Å². The molecule has 1 heterocycles. The highest BCUT2D eigenvalue weighted by Gasteiger charge is 2.10. The molecule has 1 N–H and O–H groups in total. The van der Waals surface area contributed by atoms with Crippen LogP contribution in [0.2, 0.25) is 5.02 Å². The van der Waals surface area contributed by atoms with Crippen LogP contribution in [-0.2, 0) is 0 Å². The predicted octanol–water partition coefficient (Wildman–Crippen LogP) is 5.01. The van der Waals surface area contributed by atoms with Crippen molar-refractivity contribution in [2.75, 3.05) is 0 Å². The van der Waals surface area contributed by atoms with Gasteiger partial charge in [0.05, 0.1) is 6.04 Å². The SMILES string of the molecule is Cc1cc(C(C)N=[N+]=[N-])[nH]c1-c1ccc(Cl)cc1. The minimum atomic E-state index is -0.199. The first-order valence-electron chi connectivity index (χ1n) is 5.61. The normalized spacial score (nSPS) is 11.9. The number of halogens is 1. The Bertz CT molecular complexity index is 594. The van der Waals surface area contributed by atoms with E-state index in [4.69, 9.17) is 17.1 Å². The van der Waals surface area contributed by atoms with E-state index in [-0.39, 0.29) is 6.04 Å². The summed E-state index contributed by atoms with van der Waals surface area (Å²) in [7, 11) is 0. The van der Waals surface area contributed by atoms with Gasteiger partial charge in [-0.25, -0.2) is 0 Å². The van der Waals surface area contributed by atoms with Gasteiger partial charge in [-0.15, -0.1) is 0 Å². The minimum Gasteiger partial charge on any atom is -0.358 e. The summed E-state index contributed by atoms with van der Waals surface area (Å²) in [4.78, 5) is 6.12. The van der Waals surface area contributed by atoms with E-state index >= 15 is 0 Å². The van der Waals surface area contributed by atoms with Gasteiger partial charge in [0.2, 0.25) is 0 Å². The van der Waals surface area contributed by atoms with Crippen LogP contribution in [0.3, 0.4) is 0 Å². The van der Waals surface area contributed by atoms with E-state index in [1.165, 1.54) is 0 Å². The van der Waals surface area contributed by atoms with E-state index in [1.807, 2.05) is 44.2 Å². The maximum atomic E-state index is 8.45. The van der Waals surface area contributed by atoms with E-state index in [2.05, 4.69) is 15.0 Å². The Labute approximate surface area is 110 Å². The first-order chi connectivity index (χ1) is 8.61. The smallest absolute Gasteiger partial charge is 0.0747 e. The number of aromatic nitrogens is 1. The van der Waals surface area contributed by atoms with Gasteiger partial charge >= 0.3 is 0 Å². The number of nitrogens with zero attached hydrogens (tertiary/aromatic N) is 3. The summed E-state index contributed by atoms with van der Waals surface area (Å²) >= 11 is 5.87. The van der Waals surface area contributed by atoms with Crippen LogP contribution in [0, 0.1) is 6.92 Å².